The van der Waals surface area contributed by atoms with Crippen LogP contribution in [-0.2, 0) is 0 Å². The molecule has 7 heteroatoms. The van der Waals surface area contributed by atoms with E-state index in [1.807, 2.05) is 54.7 Å². The molecule has 0 radical (unpaired) electrons. The summed E-state index contributed by atoms with van der Waals surface area (Å²) >= 11 is 0. The number of pyridine rings is 1. The molecule has 0 bridgehead atoms. The molecule has 0 aliphatic carbocycles. The van der Waals surface area contributed by atoms with Gasteiger partial charge in [0.25, 0.3) is 0 Å². The number of aromatic nitrogens is 1. The van der Waals surface area contributed by atoms with Crippen LogP contribution in [0, 0.1) is 0 Å². The van der Waals surface area contributed by atoms with Gasteiger partial charge in [-0.15, -0.1) is 0 Å². The van der Waals surface area contributed by atoms with Crippen molar-refractivity contribution in [3.63, 3.8) is 0 Å². The summed E-state index contributed by atoms with van der Waals surface area (Å²) in [6.45, 7) is 5.81. The van der Waals surface area contributed by atoms with E-state index < -0.39 is 0 Å². The van der Waals surface area contributed by atoms with E-state index in [0.29, 0.717) is 34.4 Å². The van der Waals surface area contributed by atoms with Gasteiger partial charge in [0.1, 0.15) is 29.0 Å². The normalized spacial score (nSPS) is 16.1. The van der Waals surface area contributed by atoms with Crippen molar-refractivity contribution >= 4 is 21.7 Å². The van der Waals surface area contributed by atoms with Gasteiger partial charge in [-0.3, -0.25) is 9.88 Å². The van der Waals surface area contributed by atoms with Gasteiger partial charge in [-0.05, 0) is 36.7 Å². The molecule has 2 aromatic carbocycles. The molecular weight excluding hydrogens is 404 g/mol. The van der Waals surface area contributed by atoms with Gasteiger partial charge in [0.05, 0.1) is 5.39 Å². The second kappa shape index (κ2) is 8.98. The summed E-state index contributed by atoms with van der Waals surface area (Å²) in [7, 11) is 2.15. The van der Waals surface area contributed by atoms with Crippen LogP contribution in [0.2, 0.25) is 0 Å². The highest BCUT2D eigenvalue weighted by atomic mass is 16.5. The molecule has 0 amide bonds. The van der Waals surface area contributed by atoms with E-state index >= 15 is 0 Å². The zero-order chi connectivity index (χ0) is 21.9. The van der Waals surface area contributed by atoms with E-state index in [1.165, 1.54) is 0 Å². The Labute approximate surface area is 186 Å². The Morgan fingerprint density at radius 1 is 1.03 bits per heavy atom. The molecule has 1 aliphatic rings. The van der Waals surface area contributed by atoms with E-state index in [1.54, 1.807) is 6.07 Å². The molecule has 1 aliphatic heterocycles. The zero-order valence-electron chi connectivity index (χ0n) is 18.1. The van der Waals surface area contributed by atoms with E-state index in [9.17, 15) is 5.21 Å². The zero-order valence-corrected chi connectivity index (χ0v) is 18.1. The second-order valence-corrected chi connectivity index (χ2v) is 8.16. The van der Waals surface area contributed by atoms with Crippen LogP contribution in [0.5, 0.6) is 5.75 Å². The number of piperazine rings is 1. The van der Waals surface area contributed by atoms with Crippen molar-refractivity contribution < 1.29 is 14.4 Å². The molecule has 1 N–H and O–H groups in total. The number of likely N-dealkylation sites (N-methyl/N-ethyl adjacent to an activating group) is 1. The van der Waals surface area contributed by atoms with Gasteiger partial charge in [0.2, 0.25) is 0 Å². The molecule has 164 valence electrons. The van der Waals surface area contributed by atoms with Crippen LogP contribution in [0.3, 0.4) is 0 Å². The Balaban J connectivity index is 1.38. The summed E-state index contributed by atoms with van der Waals surface area (Å²) in [6, 6.07) is 17.3. The fourth-order valence-corrected chi connectivity index (χ4v) is 4.03. The first-order valence-corrected chi connectivity index (χ1v) is 10.8. The summed E-state index contributed by atoms with van der Waals surface area (Å²) in [4.78, 5) is 9.27. The highest BCUT2D eigenvalue weighted by molar-refractivity contribution is 5.85. The molecule has 32 heavy (non-hydrogen) atoms. The van der Waals surface area contributed by atoms with Gasteiger partial charge in [0.15, 0.2) is 5.76 Å². The van der Waals surface area contributed by atoms with Crippen LogP contribution >= 0.6 is 0 Å². The molecule has 0 atom stereocenters. The Morgan fingerprint density at radius 3 is 2.66 bits per heavy atom. The van der Waals surface area contributed by atoms with E-state index in [0.717, 1.165) is 49.2 Å². The molecule has 1 saturated heterocycles. The lowest BCUT2D eigenvalue weighted by molar-refractivity contribution is 0.134. The first kappa shape index (κ1) is 20.5. The number of rotatable bonds is 5. The average Bonchev–Trinajstić information content (AvgIpc) is 2.84. The minimum absolute atomic E-state index is 0.417. The lowest BCUT2D eigenvalue weighted by atomic mass is 10.1. The Kier molecular flexibility index (Phi) is 5.75. The molecule has 5 rings (SSSR count). The quantitative estimate of drug-likeness (QED) is 0.386. The van der Waals surface area contributed by atoms with Crippen molar-refractivity contribution in [3.05, 3.63) is 66.2 Å². The van der Waals surface area contributed by atoms with Gasteiger partial charge < -0.3 is 19.3 Å². The topological polar surface area (TPSA) is 74.3 Å². The van der Waals surface area contributed by atoms with E-state index in [-0.39, 0.29) is 0 Å². The van der Waals surface area contributed by atoms with Gasteiger partial charge in [-0.1, -0.05) is 29.4 Å². The van der Waals surface area contributed by atoms with E-state index in [4.69, 9.17) is 9.15 Å². The second-order valence-electron chi connectivity index (χ2n) is 8.16. The van der Waals surface area contributed by atoms with Crippen LogP contribution in [0.4, 0.5) is 0 Å². The summed E-state index contributed by atoms with van der Waals surface area (Å²) < 4.78 is 12.1. The van der Waals surface area contributed by atoms with Gasteiger partial charge in [-0.2, -0.15) is 0 Å². The van der Waals surface area contributed by atoms with Crippen molar-refractivity contribution in [2.24, 2.45) is 5.16 Å². The summed E-state index contributed by atoms with van der Waals surface area (Å²) in [5, 5.41) is 16.4. The standard InChI is InChI=1S/C25H26N4O3/c1-28-8-10-29(11-9-28)12-13-31-20-6-7-24-21(15-20)22(27-30)16-25(32-24)23-14-18-4-2-3-5-19(18)17-26-23/h2-7,14-17,30H,8-13H2,1H3. The molecule has 1 fully saturated rings. The number of hydrogen-bond donors (Lipinski definition) is 1. The van der Waals surface area contributed by atoms with Crippen molar-refractivity contribution in [1.29, 1.82) is 0 Å². The molecule has 7 nitrogen and oxygen atoms in total. The summed E-state index contributed by atoms with van der Waals surface area (Å²) in [5.74, 6) is 1.27. The molecule has 0 unspecified atom stereocenters. The monoisotopic (exact) mass is 430 g/mol. The number of hydrogen-bond acceptors (Lipinski definition) is 7. The van der Waals surface area contributed by atoms with Crippen molar-refractivity contribution in [1.82, 2.24) is 14.8 Å². The van der Waals surface area contributed by atoms with Gasteiger partial charge in [-0.25, -0.2) is 0 Å². The SMILES string of the molecule is CN1CCN(CCOc2ccc3oc(-c4cc5ccccc5cn4)cc(=NO)c3c2)CC1. The summed E-state index contributed by atoms with van der Waals surface area (Å²) in [5.41, 5.74) is 1.29. The number of nitrogens with zero attached hydrogens (tertiary/aromatic N) is 4. The smallest absolute Gasteiger partial charge is 0.155 e. The highest BCUT2D eigenvalue weighted by Crippen LogP contribution is 2.26. The number of fused-ring (bicyclic) bond motifs is 2. The molecule has 0 spiro atoms. The largest absolute Gasteiger partial charge is 0.492 e. The minimum atomic E-state index is 0.417. The maximum atomic E-state index is 9.65. The lowest BCUT2D eigenvalue weighted by Gasteiger charge is -2.32. The molecule has 0 saturated carbocycles. The third-order valence-electron chi connectivity index (χ3n) is 5.98. The number of ether oxygens (including phenoxy) is 1. The van der Waals surface area contributed by atoms with Gasteiger partial charge >= 0.3 is 0 Å². The first-order chi connectivity index (χ1) is 15.7. The van der Waals surface area contributed by atoms with Crippen molar-refractivity contribution in [2.45, 2.75) is 0 Å². The van der Waals surface area contributed by atoms with Crippen LogP contribution in [0.15, 0.2) is 70.4 Å². The molecule has 2 aromatic heterocycles. The Hall–Kier alpha value is -3.42. The molecule has 4 aromatic rings. The van der Waals surface area contributed by atoms with Crippen LogP contribution < -0.4 is 10.1 Å². The van der Waals surface area contributed by atoms with E-state index in [2.05, 4.69) is 27.0 Å². The predicted octanol–water partition coefficient (Wildman–Crippen LogP) is 3.56. The minimum Gasteiger partial charge on any atom is -0.492 e. The lowest BCUT2D eigenvalue weighted by Crippen LogP contribution is -2.45. The maximum absolute atomic E-state index is 9.65. The van der Waals surface area contributed by atoms with Crippen molar-refractivity contribution in [2.75, 3.05) is 46.4 Å². The van der Waals surface area contributed by atoms with Gasteiger partial charge in [0, 0.05) is 50.4 Å². The Bertz CT molecular complexity index is 1310. The number of benzene rings is 2. The maximum Gasteiger partial charge on any atom is 0.155 e. The molecular formula is C25H26N4O3. The third kappa shape index (κ3) is 4.30. The fraction of sp³-hybridized carbons (Fsp3) is 0.280. The third-order valence-corrected chi connectivity index (χ3v) is 5.98. The molecule has 3 heterocycles. The van der Waals surface area contributed by atoms with Crippen LogP contribution in [-0.4, -0.2) is 66.4 Å². The van der Waals surface area contributed by atoms with Crippen molar-refractivity contribution in [3.8, 4) is 17.2 Å². The summed E-state index contributed by atoms with van der Waals surface area (Å²) in [6.07, 6.45) is 1.82. The van der Waals surface area contributed by atoms with Crippen LogP contribution in [0.25, 0.3) is 33.2 Å². The fourth-order valence-electron chi connectivity index (χ4n) is 4.03. The average molecular weight is 431 g/mol. The Morgan fingerprint density at radius 2 is 1.84 bits per heavy atom. The van der Waals surface area contributed by atoms with Crippen LogP contribution in [0.1, 0.15) is 0 Å². The first-order valence-electron chi connectivity index (χ1n) is 10.8. The predicted molar refractivity (Wildman–Crippen MR) is 124 cm³/mol. The highest BCUT2D eigenvalue weighted by Gasteiger charge is 2.14.